The van der Waals surface area contributed by atoms with Gasteiger partial charge in [0.15, 0.2) is 0 Å². The zero-order valence-corrected chi connectivity index (χ0v) is 20.2. The van der Waals surface area contributed by atoms with E-state index in [-0.39, 0.29) is 35.7 Å². The molecule has 10 heteroatoms. The summed E-state index contributed by atoms with van der Waals surface area (Å²) in [7, 11) is -0.985. The van der Waals surface area contributed by atoms with Gasteiger partial charge in [-0.15, -0.1) is 11.3 Å². The highest BCUT2D eigenvalue weighted by molar-refractivity contribution is 7.89. The second-order valence-corrected chi connectivity index (χ2v) is 10.6. The van der Waals surface area contributed by atoms with Crippen molar-refractivity contribution in [3.05, 3.63) is 53.0 Å². The van der Waals surface area contributed by atoms with Crippen molar-refractivity contribution in [1.82, 2.24) is 14.6 Å². The van der Waals surface area contributed by atoms with E-state index < -0.39 is 10.0 Å². The first-order valence-corrected chi connectivity index (χ1v) is 13.1. The van der Waals surface area contributed by atoms with E-state index in [1.165, 1.54) is 26.4 Å². The van der Waals surface area contributed by atoms with Gasteiger partial charge < -0.3 is 14.4 Å². The van der Waals surface area contributed by atoms with Crippen molar-refractivity contribution in [3.63, 3.8) is 0 Å². The zero-order chi connectivity index (χ0) is 23.4. The number of hydrogen-bond acceptors (Lipinski definition) is 7. The molecule has 1 N–H and O–H groups in total. The van der Waals surface area contributed by atoms with E-state index >= 15 is 0 Å². The van der Waals surface area contributed by atoms with Gasteiger partial charge in [0.1, 0.15) is 15.7 Å². The van der Waals surface area contributed by atoms with E-state index in [0.717, 1.165) is 34.5 Å². The summed E-state index contributed by atoms with van der Waals surface area (Å²) in [5.41, 5.74) is 1.23. The molecular weight excluding hydrogens is 462 g/mol. The summed E-state index contributed by atoms with van der Waals surface area (Å²) in [6, 6.07) is 12.3. The summed E-state index contributed by atoms with van der Waals surface area (Å²) in [5.74, 6) is -0.0345. The molecule has 0 bridgehead atoms. The normalized spacial score (nSPS) is 16.8. The topological polar surface area (TPSA) is 97.8 Å². The van der Waals surface area contributed by atoms with Gasteiger partial charge in [0.05, 0.1) is 30.0 Å². The SMILES string of the molecule is COCCNS(=O)(=O)c1cc(C(=O)N2CCCCC2c2nc3ccccc3s2)ccc1OC. The molecule has 1 atom stereocenters. The predicted molar refractivity (Wildman–Crippen MR) is 127 cm³/mol. The molecular formula is C23H27N3O5S2. The third kappa shape index (κ3) is 5.03. The van der Waals surface area contributed by atoms with Crippen molar-refractivity contribution < 1.29 is 22.7 Å². The summed E-state index contributed by atoms with van der Waals surface area (Å²) in [4.78, 5) is 20.1. The first kappa shape index (κ1) is 23.6. The van der Waals surface area contributed by atoms with Gasteiger partial charge in [-0.05, 0) is 49.6 Å². The summed E-state index contributed by atoms with van der Waals surface area (Å²) in [5, 5.41) is 0.909. The Kier molecular flexibility index (Phi) is 7.28. The predicted octanol–water partition coefficient (Wildman–Crippen LogP) is 3.60. The summed E-state index contributed by atoms with van der Waals surface area (Å²) in [6.45, 7) is 0.948. The lowest BCUT2D eigenvalue weighted by atomic mass is 10.0. The molecule has 1 saturated heterocycles. The molecule has 176 valence electrons. The summed E-state index contributed by atoms with van der Waals surface area (Å²) in [6.07, 6.45) is 2.73. The molecule has 1 fully saturated rings. The molecule has 1 unspecified atom stereocenters. The van der Waals surface area contributed by atoms with E-state index in [4.69, 9.17) is 14.5 Å². The Morgan fingerprint density at radius 3 is 2.79 bits per heavy atom. The van der Waals surface area contributed by atoms with Crippen molar-refractivity contribution in [1.29, 1.82) is 0 Å². The van der Waals surface area contributed by atoms with Crippen LogP contribution in [0.15, 0.2) is 47.4 Å². The number of para-hydroxylation sites is 1. The Morgan fingerprint density at radius 1 is 1.21 bits per heavy atom. The third-order valence-electron chi connectivity index (χ3n) is 5.66. The van der Waals surface area contributed by atoms with Crippen molar-refractivity contribution in [3.8, 4) is 5.75 Å². The summed E-state index contributed by atoms with van der Waals surface area (Å²) < 4.78 is 39.4. The Labute approximate surface area is 197 Å². The van der Waals surface area contributed by atoms with Crippen LogP contribution in [0.4, 0.5) is 0 Å². The number of amides is 1. The number of nitrogens with zero attached hydrogens (tertiary/aromatic N) is 2. The Balaban J connectivity index is 1.65. The summed E-state index contributed by atoms with van der Waals surface area (Å²) >= 11 is 1.60. The minimum Gasteiger partial charge on any atom is -0.495 e. The molecule has 0 radical (unpaired) electrons. The van der Waals surface area contributed by atoms with Gasteiger partial charge in [-0.25, -0.2) is 18.1 Å². The molecule has 1 aliphatic rings. The van der Waals surface area contributed by atoms with Gasteiger partial charge >= 0.3 is 0 Å². The standard InChI is InChI=1S/C23H27N3O5S2/c1-30-14-12-24-33(28,29)21-15-16(10-11-19(21)31-2)23(27)26-13-6-5-8-18(26)22-25-17-7-3-4-9-20(17)32-22/h3-4,7,9-11,15,18,24H,5-6,8,12-14H2,1-2H3. The van der Waals surface area contributed by atoms with Crippen LogP contribution < -0.4 is 9.46 Å². The number of likely N-dealkylation sites (tertiary alicyclic amines) is 1. The number of thiazole rings is 1. The van der Waals surface area contributed by atoms with Crippen LogP contribution in [0.1, 0.15) is 40.7 Å². The van der Waals surface area contributed by atoms with Crippen molar-refractivity contribution in [2.75, 3.05) is 33.9 Å². The van der Waals surface area contributed by atoms with Gasteiger partial charge in [-0.1, -0.05) is 12.1 Å². The number of piperidine rings is 1. The van der Waals surface area contributed by atoms with Gasteiger partial charge in [0.25, 0.3) is 5.91 Å². The van der Waals surface area contributed by atoms with E-state index in [1.807, 2.05) is 29.2 Å². The molecule has 1 aromatic heterocycles. The fourth-order valence-electron chi connectivity index (χ4n) is 4.01. The minimum atomic E-state index is -3.88. The number of methoxy groups -OCH3 is 2. The number of fused-ring (bicyclic) bond motifs is 1. The number of nitrogens with one attached hydrogen (secondary N) is 1. The monoisotopic (exact) mass is 489 g/mol. The average Bonchev–Trinajstić information content (AvgIpc) is 3.27. The van der Waals surface area contributed by atoms with Gasteiger partial charge in [0, 0.05) is 25.8 Å². The quantitative estimate of drug-likeness (QED) is 0.486. The van der Waals surface area contributed by atoms with Crippen LogP contribution in [0.2, 0.25) is 0 Å². The largest absolute Gasteiger partial charge is 0.495 e. The smallest absolute Gasteiger partial charge is 0.254 e. The third-order valence-corrected chi connectivity index (χ3v) is 8.28. The molecule has 3 aromatic rings. The fourth-order valence-corrected chi connectivity index (χ4v) is 6.33. The molecule has 4 rings (SSSR count). The van der Waals surface area contributed by atoms with Crippen LogP contribution in [-0.2, 0) is 14.8 Å². The molecule has 2 heterocycles. The maximum atomic E-state index is 13.6. The average molecular weight is 490 g/mol. The van der Waals surface area contributed by atoms with E-state index in [1.54, 1.807) is 17.4 Å². The molecule has 0 spiro atoms. The molecule has 0 saturated carbocycles. The Bertz CT molecular complexity index is 1210. The van der Waals surface area contributed by atoms with Crippen LogP contribution >= 0.6 is 11.3 Å². The fraction of sp³-hybridized carbons (Fsp3) is 0.391. The number of ether oxygens (including phenoxy) is 2. The maximum absolute atomic E-state index is 13.6. The second kappa shape index (κ2) is 10.2. The maximum Gasteiger partial charge on any atom is 0.254 e. The number of sulfonamides is 1. The van der Waals surface area contributed by atoms with Crippen molar-refractivity contribution >= 4 is 37.5 Å². The highest BCUT2D eigenvalue weighted by atomic mass is 32.2. The first-order chi connectivity index (χ1) is 15.9. The Hall–Kier alpha value is -2.53. The van der Waals surface area contributed by atoms with Gasteiger partial charge in [-0.3, -0.25) is 4.79 Å². The van der Waals surface area contributed by atoms with Crippen LogP contribution in [0.5, 0.6) is 5.75 Å². The number of carbonyl (C=O) groups is 1. The van der Waals surface area contributed by atoms with Crippen LogP contribution in [0.3, 0.4) is 0 Å². The van der Waals surface area contributed by atoms with Crippen LogP contribution in [0, 0.1) is 0 Å². The van der Waals surface area contributed by atoms with Crippen LogP contribution in [-0.4, -0.2) is 58.1 Å². The number of benzene rings is 2. The Morgan fingerprint density at radius 2 is 2.03 bits per heavy atom. The first-order valence-electron chi connectivity index (χ1n) is 10.8. The molecule has 8 nitrogen and oxygen atoms in total. The molecule has 33 heavy (non-hydrogen) atoms. The molecule has 0 aliphatic carbocycles. The van der Waals surface area contributed by atoms with Gasteiger partial charge in [-0.2, -0.15) is 0 Å². The van der Waals surface area contributed by atoms with E-state index in [2.05, 4.69) is 4.72 Å². The van der Waals surface area contributed by atoms with E-state index in [0.29, 0.717) is 12.1 Å². The van der Waals surface area contributed by atoms with Crippen LogP contribution in [0.25, 0.3) is 10.2 Å². The van der Waals surface area contributed by atoms with Crippen molar-refractivity contribution in [2.45, 2.75) is 30.2 Å². The van der Waals surface area contributed by atoms with Crippen molar-refractivity contribution in [2.24, 2.45) is 0 Å². The lowest BCUT2D eigenvalue weighted by Gasteiger charge is -2.34. The molecule has 1 aliphatic heterocycles. The zero-order valence-electron chi connectivity index (χ0n) is 18.6. The molecule has 2 aromatic carbocycles. The highest BCUT2D eigenvalue weighted by Gasteiger charge is 2.32. The number of carbonyl (C=O) groups excluding carboxylic acids is 1. The lowest BCUT2D eigenvalue weighted by molar-refractivity contribution is 0.0611. The van der Waals surface area contributed by atoms with Gasteiger partial charge in [0.2, 0.25) is 10.0 Å². The highest BCUT2D eigenvalue weighted by Crippen LogP contribution is 2.37. The number of rotatable bonds is 8. The molecule has 1 amide bonds. The number of aromatic nitrogens is 1. The number of hydrogen-bond donors (Lipinski definition) is 1. The van der Waals surface area contributed by atoms with E-state index in [9.17, 15) is 13.2 Å². The second-order valence-electron chi connectivity index (χ2n) is 7.79. The lowest BCUT2D eigenvalue weighted by Crippen LogP contribution is -2.38. The minimum absolute atomic E-state index is 0.0690.